The number of ether oxygens (including phenoxy) is 1. The normalized spacial score (nSPS) is 29.4. The number of likely N-dealkylation sites (tertiary alicyclic amines) is 1. The summed E-state index contributed by atoms with van der Waals surface area (Å²) in [5.74, 6) is 6.05. The van der Waals surface area contributed by atoms with Crippen LogP contribution in [0, 0.1) is 24.7 Å². The maximum atomic E-state index is 11.9. The van der Waals surface area contributed by atoms with Crippen LogP contribution in [-0.2, 0) is 4.74 Å². The van der Waals surface area contributed by atoms with Crippen LogP contribution in [0.25, 0.3) is 0 Å². The molecule has 1 saturated heterocycles. The van der Waals surface area contributed by atoms with Crippen molar-refractivity contribution < 1.29 is 14.6 Å². The molecule has 0 radical (unpaired) electrons. The van der Waals surface area contributed by atoms with Crippen LogP contribution in [0.3, 0.4) is 0 Å². The molecule has 1 aromatic rings. The highest BCUT2D eigenvalue weighted by Gasteiger charge is 2.50. The molecule has 2 aliphatic rings. The van der Waals surface area contributed by atoms with E-state index in [9.17, 15) is 9.90 Å². The minimum absolute atomic E-state index is 0.0148. The van der Waals surface area contributed by atoms with Crippen LogP contribution >= 0.6 is 0 Å². The average molecular weight is 314 g/mol. The minimum atomic E-state index is -1.06. The van der Waals surface area contributed by atoms with E-state index < -0.39 is 5.60 Å². The summed E-state index contributed by atoms with van der Waals surface area (Å²) in [5.41, 5.74) is 0.704. The van der Waals surface area contributed by atoms with Gasteiger partial charge >= 0.3 is 6.09 Å². The highest BCUT2D eigenvalue weighted by atomic mass is 16.5. The van der Waals surface area contributed by atoms with Crippen LogP contribution in [0.5, 0.6) is 0 Å². The van der Waals surface area contributed by atoms with E-state index in [1.165, 1.54) is 7.11 Å². The number of methoxy groups -OCH3 is 1. The molecule has 1 amide bonds. The quantitative estimate of drug-likeness (QED) is 0.745. The number of hydrogen-bond donors (Lipinski definition) is 1. The van der Waals surface area contributed by atoms with Gasteiger partial charge in [-0.2, -0.15) is 0 Å². The molecule has 122 valence electrons. The molecule has 5 nitrogen and oxygen atoms in total. The highest BCUT2D eigenvalue weighted by Crippen LogP contribution is 2.42. The molecule has 3 unspecified atom stereocenters. The summed E-state index contributed by atoms with van der Waals surface area (Å²) >= 11 is 0. The van der Waals surface area contributed by atoms with E-state index in [0.717, 1.165) is 24.8 Å². The van der Waals surface area contributed by atoms with Crippen molar-refractivity contribution in [3.8, 4) is 11.8 Å². The van der Waals surface area contributed by atoms with Crippen molar-refractivity contribution in [3.63, 3.8) is 0 Å². The van der Waals surface area contributed by atoms with Crippen LogP contribution in [0.15, 0.2) is 18.3 Å². The molecule has 0 aromatic carbocycles. The van der Waals surface area contributed by atoms with Gasteiger partial charge in [-0.3, -0.25) is 0 Å². The SMILES string of the molecule is COC(=O)N1CCC2C1CCCC2(O)C#Cc1cc(C)ccn1. The third-order valence-electron chi connectivity index (χ3n) is 4.95. The first kappa shape index (κ1) is 15.8. The molecule has 3 atom stereocenters. The number of nitrogens with zero attached hydrogens (tertiary/aromatic N) is 2. The van der Waals surface area contributed by atoms with Crippen LogP contribution in [0.4, 0.5) is 4.79 Å². The minimum Gasteiger partial charge on any atom is -0.453 e. The largest absolute Gasteiger partial charge is 0.453 e. The number of aromatic nitrogens is 1. The Kier molecular flexibility index (Phi) is 4.27. The van der Waals surface area contributed by atoms with E-state index in [4.69, 9.17) is 4.74 Å². The van der Waals surface area contributed by atoms with E-state index in [0.29, 0.717) is 18.7 Å². The molecule has 1 N–H and O–H groups in total. The summed E-state index contributed by atoms with van der Waals surface area (Å²) in [7, 11) is 1.40. The monoisotopic (exact) mass is 314 g/mol. The molecule has 2 heterocycles. The second-order valence-electron chi connectivity index (χ2n) is 6.41. The zero-order valence-electron chi connectivity index (χ0n) is 13.6. The van der Waals surface area contributed by atoms with Crippen LogP contribution < -0.4 is 0 Å². The fourth-order valence-corrected chi connectivity index (χ4v) is 3.81. The maximum absolute atomic E-state index is 11.9. The van der Waals surface area contributed by atoms with Gasteiger partial charge in [-0.1, -0.05) is 5.92 Å². The number of pyridine rings is 1. The Balaban J connectivity index is 1.83. The number of aliphatic hydroxyl groups is 1. The van der Waals surface area contributed by atoms with E-state index >= 15 is 0 Å². The number of rotatable bonds is 0. The molecule has 1 aromatic heterocycles. The summed E-state index contributed by atoms with van der Waals surface area (Å²) in [4.78, 5) is 17.8. The Morgan fingerprint density at radius 1 is 1.52 bits per heavy atom. The van der Waals surface area contributed by atoms with Gasteiger partial charge < -0.3 is 14.7 Å². The van der Waals surface area contributed by atoms with Crippen molar-refractivity contribution in [3.05, 3.63) is 29.6 Å². The molecule has 0 bridgehead atoms. The second kappa shape index (κ2) is 6.21. The first-order valence-corrected chi connectivity index (χ1v) is 8.06. The molecule has 23 heavy (non-hydrogen) atoms. The smallest absolute Gasteiger partial charge is 0.409 e. The van der Waals surface area contributed by atoms with Crippen molar-refractivity contribution in [2.24, 2.45) is 5.92 Å². The zero-order chi connectivity index (χ0) is 16.4. The molecule has 2 fully saturated rings. The predicted molar refractivity (Wildman–Crippen MR) is 85.7 cm³/mol. The molecular weight excluding hydrogens is 292 g/mol. The number of fused-ring (bicyclic) bond motifs is 1. The van der Waals surface area contributed by atoms with Gasteiger partial charge in [0.2, 0.25) is 0 Å². The zero-order valence-corrected chi connectivity index (χ0v) is 13.6. The van der Waals surface area contributed by atoms with E-state index in [-0.39, 0.29) is 18.1 Å². The second-order valence-corrected chi connectivity index (χ2v) is 6.41. The van der Waals surface area contributed by atoms with Crippen molar-refractivity contribution in [2.45, 2.75) is 44.2 Å². The highest BCUT2D eigenvalue weighted by molar-refractivity contribution is 5.68. The Labute approximate surface area is 136 Å². The molecule has 1 saturated carbocycles. The number of hydrogen-bond acceptors (Lipinski definition) is 4. The molecule has 5 heteroatoms. The lowest BCUT2D eigenvalue weighted by Crippen LogP contribution is -2.49. The van der Waals surface area contributed by atoms with Gasteiger partial charge in [-0.15, -0.1) is 0 Å². The summed E-state index contributed by atoms with van der Waals surface area (Å²) in [6.07, 6.45) is 4.55. The van der Waals surface area contributed by atoms with Crippen LogP contribution in [0.1, 0.15) is 36.9 Å². The average Bonchev–Trinajstić information content (AvgIpc) is 2.98. The van der Waals surface area contributed by atoms with Gasteiger partial charge in [0.1, 0.15) is 11.3 Å². The van der Waals surface area contributed by atoms with Crippen molar-refractivity contribution in [2.75, 3.05) is 13.7 Å². The molecule has 1 aliphatic carbocycles. The van der Waals surface area contributed by atoms with Crippen molar-refractivity contribution >= 4 is 6.09 Å². The summed E-state index contributed by atoms with van der Waals surface area (Å²) in [6, 6.07) is 3.84. The molecule has 0 spiro atoms. The van der Waals surface area contributed by atoms with Crippen LogP contribution in [0.2, 0.25) is 0 Å². The van der Waals surface area contributed by atoms with E-state index in [1.807, 2.05) is 19.1 Å². The number of carbonyl (C=O) groups is 1. The van der Waals surface area contributed by atoms with Gasteiger partial charge in [0.15, 0.2) is 0 Å². The Morgan fingerprint density at radius 3 is 3.09 bits per heavy atom. The van der Waals surface area contributed by atoms with Gasteiger partial charge in [-0.05, 0) is 56.2 Å². The topological polar surface area (TPSA) is 62.7 Å². The lowest BCUT2D eigenvalue weighted by atomic mass is 9.73. The Hall–Kier alpha value is -2.06. The number of carbonyl (C=O) groups excluding carboxylic acids is 1. The van der Waals surface area contributed by atoms with Gasteiger partial charge in [0, 0.05) is 24.7 Å². The fraction of sp³-hybridized carbons (Fsp3) is 0.556. The Morgan fingerprint density at radius 2 is 2.35 bits per heavy atom. The molecule has 1 aliphatic heterocycles. The predicted octanol–water partition coefficient (Wildman–Crippen LogP) is 2.11. The number of aryl methyl sites for hydroxylation is 1. The van der Waals surface area contributed by atoms with Crippen molar-refractivity contribution in [1.82, 2.24) is 9.88 Å². The third kappa shape index (κ3) is 3.04. The fourth-order valence-electron chi connectivity index (χ4n) is 3.81. The first-order valence-electron chi connectivity index (χ1n) is 8.06. The van der Waals surface area contributed by atoms with Crippen LogP contribution in [-0.4, -0.2) is 46.4 Å². The lowest BCUT2D eigenvalue weighted by molar-refractivity contribution is -0.0136. The number of amides is 1. The lowest BCUT2D eigenvalue weighted by Gasteiger charge is -2.39. The first-order chi connectivity index (χ1) is 11.0. The van der Waals surface area contributed by atoms with Crippen molar-refractivity contribution in [1.29, 1.82) is 0 Å². The molecular formula is C18H22N2O3. The Bertz CT molecular complexity index is 664. The summed E-state index contributed by atoms with van der Waals surface area (Å²) in [5, 5.41) is 11.1. The summed E-state index contributed by atoms with van der Waals surface area (Å²) < 4.78 is 4.85. The standard InChI is InChI=1S/C18H22N2O3/c1-13-6-10-19-14(12-13)5-9-18(22)8-3-4-16-15(18)7-11-20(16)17(21)23-2/h6,10,12,15-16,22H,3-4,7-8,11H2,1-2H3. The summed E-state index contributed by atoms with van der Waals surface area (Å²) in [6.45, 7) is 2.61. The van der Waals surface area contributed by atoms with Gasteiger partial charge in [0.25, 0.3) is 0 Å². The van der Waals surface area contributed by atoms with E-state index in [2.05, 4.69) is 16.8 Å². The maximum Gasteiger partial charge on any atom is 0.409 e. The van der Waals surface area contributed by atoms with Gasteiger partial charge in [-0.25, -0.2) is 9.78 Å². The third-order valence-corrected chi connectivity index (χ3v) is 4.95. The van der Waals surface area contributed by atoms with E-state index in [1.54, 1.807) is 11.1 Å². The van der Waals surface area contributed by atoms with Gasteiger partial charge in [0.05, 0.1) is 7.11 Å². The molecule has 3 rings (SSSR count).